The molecule has 0 bridgehead atoms. The van der Waals surface area contributed by atoms with Gasteiger partial charge in [-0.25, -0.2) is 0 Å². The quantitative estimate of drug-likeness (QED) is 0.663. The topological polar surface area (TPSA) is 52.2 Å². The van der Waals surface area contributed by atoms with Crippen molar-refractivity contribution in [2.75, 3.05) is 5.32 Å². The van der Waals surface area contributed by atoms with Gasteiger partial charge >= 0.3 is 0 Å². The Morgan fingerprint density at radius 2 is 2.23 bits per heavy atom. The highest BCUT2D eigenvalue weighted by molar-refractivity contribution is 5.77. The average Bonchev–Trinajstić information content (AvgIpc) is 2.17. The fraction of sp³-hybridized carbons (Fsp3) is 0.300. The molecule has 0 radical (unpaired) electrons. The zero-order valence-electron chi connectivity index (χ0n) is 7.12. The van der Waals surface area contributed by atoms with E-state index < -0.39 is 12.0 Å². The molecule has 13 heavy (non-hydrogen) atoms. The van der Waals surface area contributed by atoms with E-state index >= 15 is 0 Å². The van der Waals surface area contributed by atoms with E-state index in [2.05, 4.69) is 5.32 Å². The van der Waals surface area contributed by atoms with Crippen LogP contribution in [0.1, 0.15) is 12.0 Å². The van der Waals surface area contributed by atoms with Gasteiger partial charge in [0.05, 0.1) is 12.0 Å². The second kappa shape index (κ2) is 3.09. The fourth-order valence-corrected chi connectivity index (χ4v) is 1.62. The number of carboxylic acids is 1. The number of hydrogen-bond donors (Lipinski definition) is 1. The molecule has 0 spiro atoms. The van der Waals surface area contributed by atoms with Gasteiger partial charge in [-0.15, -0.1) is 0 Å². The predicted molar refractivity (Wildman–Crippen MR) is 47.2 cm³/mol. The lowest BCUT2D eigenvalue weighted by molar-refractivity contribution is -0.306. The van der Waals surface area contributed by atoms with Gasteiger partial charge in [-0.1, -0.05) is 18.2 Å². The molecule has 1 unspecified atom stereocenters. The summed E-state index contributed by atoms with van der Waals surface area (Å²) in [5, 5.41) is 13.5. The number of hydrogen-bond acceptors (Lipinski definition) is 3. The van der Waals surface area contributed by atoms with Crippen LogP contribution in [0.4, 0.5) is 5.69 Å². The second-order valence-electron chi connectivity index (χ2n) is 3.21. The third-order valence-corrected chi connectivity index (χ3v) is 2.33. The van der Waals surface area contributed by atoms with Crippen molar-refractivity contribution in [2.45, 2.75) is 18.9 Å². The highest BCUT2D eigenvalue weighted by Gasteiger charge is 2.17. The van der Waals surface area contributed by atoms with Gasteiger partial charge in [-0.2, -0.15) is 0 Å². The van der Waals surface area contributed by atoms with Crippen molar-refractivity contribution in [3.8, 4) is 0 Å². The van der Waals surface area contributed by atoms with Crippen molar-refractivity contribution in [1.29, 1.82) is 0 Å². The number of carboxylic acid groups (broad SMARTS) is 1. The maximum absolute atomic E-state index is 10.6. The molecule has 3 heteroatoms. The Balaban J connectivity index is 2.24. The molecular weight excluding hydrogens is 166 g/mol. The Morgan fingerprint density at radius 3 is 3.00 bits per heavy atom. The summed E-state index contributed by atoms with van der Waals surface area (Å²) in [5.41, 5.74) is 2.10. The van der Waals surface area contributed by atoms with Crippen LogP contribution in [-0.2, 0) is 11.2 Å². The van der Waals surface area contributed by atoms with Crippen molar-refractivity contribution in [1.82, 2.24) is 0 Å². The van der Waals surface area contributed by atoms with Crippen LogP contribution in [0.2, 0.25) is 0 Å². The van der Waals surface area contributed by atoms with Crippen molar-refractivity contribution in [2.24, 2.45) is 0 Å². The van der Waals surface area contributed by atoms with Gasteiger partial charge < -0.3 is 15.2 Å². The molecule has 1 aliphatic rings. The normalized spacial score (nSPS) is 20.2. The van der Waals surface area contributed by atoms with E-state index in [1.807, 2.05) is 24.3 Å². The van der Waals surface area contributed by atoms with Gasteiger partial charge in [0.2, 0.25) is 0 Å². The van der Waals surface area contributed by atoms with Crippen LogP contribution in [0.3, 0.4) is 0 Å². The molecule has 0 saturated heterocycles. The third-order valence-electron chi connectivity index (χ3n) is 2.33. The Hall–Kier alpha value is -1.51. The fourth-order valence-electron chi connectivity index (χ4n) is 1.62. The van der Waals surface area contributed by atoms with Crippen LogP contribution in [0.15, 0.2) is 24.3 Å². The molecular formula is C10H10NO2-. The highest BCUT2D eigenvalue weighted by Crippen LogP contribution is 2.23. The van der Waals surface area contributed by atoms with Crippen molar-refractivity contribution >= 4 is 11.7 Å². The number of benzene rings is 1. The van der Waals surface area contributed by atoms with Gasteiger partial charge in [0.1, 0.15) is 0 Å². The summed E-state index contributed by atoms with van der Waals surface area (Å²) < 4.78 is 0. The number of aryl methyl sites for hydroxylation is 1. The molecule has 0 amide bonds. The van der Waals surface area contributed by atoms with E-state index in [9.17, 15) is 9.90 Å². The third kappa shape index (κ3) is 1.49. The minimum Gasteiger partial charge on any atom is -0.548 e. The maximum Gasteiger partial charge on any atom is 0.0661 e. The minimum atomic E-state index is -1.02. The van der Waals surface area contributed by atoms with Gasteiger partial charge in [0.15, 0.2) is 0 Å². The van der Waals surface area contributed by atoms with Crippen molar-refractivity contribution in [3.05, 3.63) is 29.8 Å². The largest absolute Gasteiger partial charge is 0.548 e. The van der Waals surface area contributed by atoms with Crippen LogP contribution >= 0.6 is 0 Å². The summed E-state index contributed by atoms with van der Waals surface area (Å²) in [6, 6.07) is 7.22. The summed E-state index contributed by atoms with van der Waals surface area (Å²) in [4.78, 5) is 10.6. The molecule has 1 aromatic rings. The first-order valence-electron chi connectivity index (χ1n) is 4.32. The predicted octanol–water partition coefficient (Wildman–Crippen LogP) is 0.163. The van der Waals surface area contributed by atoms with E-state index in [1.54, 1.807) is 0 Å². The highest BCUT2D eigenvalue weighted by atomic mass is 16.4. The summed E-state index contributed by atoms with van der Waals surface area (Å²) in [6.45, 7) is 0. The summed E-state index contributed by atoms with van der Waals surface area (Å²) in [6.07, 6.45) is 1.42. The minimum absolute atomic E-state index is 0.533. The van der Waals surface area contributed by atoms with E-state index in [-0.39, 0.29) is 0 Å². The number of para-hydroxylation sites is 1. The Morgan fingerprint density at radius 1 is 1.46 bits per heavy atom. The monoisotopic (exact) mass is 176 g/mol. The maximum atomic E-state index is 10.6. The summed E-state index contributed by atoms with van der Waals surface area (Å²) >= 11 is 0. The van der Waals surface area contributed by atoms with Crippen molar-refractivity contribution in [3.63, 3.8) is 0 Å². The Bertz CT molecular complexity index is 335. The molecule has 0 saturated carbocycles. The lowest BCUT2D eigenvalue weighted by Gasteiger charge is -2.27. The number of anilines is 1. The van der Waals surface area contributed by atoms with E-state index in [0.717, 1.165) is 12.1 Å². The smallest absolute Gasteiger partial charge is 0.0661 e. The lowest BCUT2D eigenvalue weighted by Crippen LogP contribution is -2.42. The summed E-state index contributed by atoms with van der Waals surface area (Å²) in [7, 11) is 0. The first-order valence-corrected chi connectivity index (χ1v) is 4.32. The number of carbonyl (C=O) groups excluding carboxylic acids is 1. The van der Waals surface area contributed by atoms with Crippen molar-refractivity contribution < 1.29 is 9.90 Å². The number of aliphatic carboxylic acids is 1. The van der Waals surface area contributed by atoms with Gasteiger partial charge in [0, 0.05) is 5.69 Å². The molecule has 1 N–H and O–H groups in total. The van der Waals surface area contributed by atoms with Crippen LogP contribution in [-0.4, -0.2) is 12.0 Å². The number of carbonyl (C=O) groups is 1. The van der Waals surface area contributed by atoms with Gasteiger partial charge in [0.25, 0.3) is 0 Å². The van der Waals surface area contributed by atoms with Crippen LogP contribution in [0, 0.1) is 0 Å². The van der Waals surface area contributed by atoms with Gasteiger partial charge in [-0.05, 0) is 24.5 Å². The Labute approximate surface area is 76.4 Å². The molecule has 68 valence electrons. The molecule has 0 aliphatic carbocycles. The van der Waals surface area contributed by atoms with E-state index in [4.69, 9.17) is 0 Å². The number of fused-ring (bicyclic) bond motifs is 1. The molecule has 0 fully saturated rings. The van der Waals surface area contributed by atoms with E-state index in [1.165, 1.54) is 5.56 Å². The van der Waals surface area contributed by atoms with Crippen LogP contribution < -0.4 is 10.4 Å². The molecule has 3 nitrogen and oxygen atoms in total. The summed E-state index contributed by atoms with van der Waals surface area (Å²) in [5.74, 6) is -1.02. The van der Waals surface area contributed by atoms with E-state index in [0.29, 0.717) is 6.42 Å². The van der Waals surface area contributed by atoms with Crippen LogP contribution in [0.5, 0.6) is 0 Å². The Kier molecular flexibility index (Phi) is 1.93. The second-order valence-corrected chi connectivity index (χ2v) is 3.21. The molecule has 1 aromatic carbocycles. The number of nitrogens with one attached hydrogen (secondary N) is 1. The zero-order chi connectivity index (χ0) is 9.26. The van der Waals surface area contributed by atoms with Gasteiger partial charge in [-0.3, -0.25) is 0 Å². The molecule has 1 heterocycles. The molecule has 0 aromatic heterocycles. The SMILES string of the molecule is O=C([O-])C1CCc2ccccc2N1. The zero-order valence-corrected chi connectivity index (χ0v) is 7.12. The van der Waals surface area contributed by atoms with Crippen LogP contribution in [0.25, 0.3) is 0 Å². The standard InChI is InChI=1S/C10H11NO2/c12-10(13)9-6-5-7-3-1-2-4-8(7)11-9/h1-4,9,11H,5-6H2,(H,12,13)/p-1. The number of rotatable bonds is 1. The molecule has 1 atom stereocenters. The average molecular weight is 176 g/mol. The first-order chi connectivity index (χ1) is 6.27. The molecule has 1 aliphatic heterocycles. The first kappa shape index (κ1) is 8.10. The molecule has 2 rings (SSSR count). The lowest BCUT2D eigenvalue weighted by atomic mass is 9.98.